The first-order chi connectivity index (χ1) is 10.9. The Morgan fingerprint density at radius 2 is 2.09 bits per heavy atom. The molecule has 5 nitrogen and oxygen atoms in total. The lowest BCUT2D eigenvalue weighted by atomic mass is 9.84. The Morgan fingerprint density at radius 3 is 2.83 bits per heavy atom. The van der Waals surface area contributed by atoms with Crippen LogP contribution in [0.25, 0.3) is 0 Å². The zero-order valence-corrected chi connectivity index (χ0v) is 13.6. The number of hydrogen-bond donors (Lipinski definition) is 1. The van der Waals surface area contributed by atoms with E-state index in [2.05, 4.69) is 22.0 Å². The van der Waals surface area contributed by atoms with Crippen LogP contribution in [0.2, 0.25) is 0 Å². The quantitative estimate of drug-likeness (QED) is 0.781. The van der Waals surface area contributed by atoms with Crippen LogP contribution < -0.4 is 5.32 Å². The minimum atomic E-state index is -4.29. The average molecular weight is 337 g/mol. The summed E-state index contributed by atoms with van der Waals surface area (Å²) in [6.45, 7) is 1.89. The number of amides is 2. The number of hydrogen-bond acceptors (Lipinski definition) is 3. The summed E-state index contributed by atoms with van der Waals surface area (Å²) in [4.78, 5) is 16.5. The van der Waals surface area contributed by atoms with E-state index in [1.54, 1.807) is 0 Å². The molecule has 2 rings (SSSR count). The Balaban J connectivity index is 1.67. The standard InChI is InChI=1S/C15H26F3N3O2/c1-20-8-5-13-12(10-20)4-2-7-21(13)14(22)19-6-3-9-23-11-15(16,17)18/h12-13H,2-11H2,1H3,(H,19,22)/t12-,13-/m0/s1. The van der Waals surface area contributed by atoms with Gasteiger partial charge in [-0.25, -0.2) is 4.79 Å². The summed E-state index contributed by atoms with van der Waals surface area (Å²) in [6, 6.07) is 0.196. The number of nitrogens with one attached hydrogen (secondary N) is 1. The van der Waals surface area contributed by atoms with Crippen molar-refractivity contribution >= 4 is 6.03 Å². The molecule has 0 aromatic heterocycles. The molecule has 2 amide bonds. The molecule has 8 heteroatoms. The normalized spacial score (nSPS) is 26.0. The zero-order chi connectivity index (χ0) is 16.9. The van der Waals surface area contributed by atoms with E-state index in [9.17, 15) is 18.0 Å². The second kappa shape index (κ2) is 8.19. The molecule has 0 bridgehead atoms. The third-order valence-corrected chi connectivity index (χ3v) is 4.54. The van der Waals surface area contributed by atoms with Crippen molar-refractivity contribution < 1.29 is 22.7 Å². The number of likely N-dealkylation sites (tertiary alicyclic amines) is 2. The molecule has 1 N–H and O–H groups in total. The summed E-state index contributed by atoms with van der Waals surface area (Å²) in [6.07, 6.45) is -0.753. The van der Waals surface area contributed by atoms with Crippen molar-refractivity contribution in [2.45, 2.75) is 37.9 Å². The highest BCUT2D eigenvalue weighted by atomic mass is 19.4. The number of halogens is 3. The first-order valence-electron chi connectivity index (χ1n) is 8.24. The van der Waals surface area contributed by atoms with Crippen LogP contribution >= 0.6 is 0 Å². The van der Waals surface area contributed by atoms with Crippen LogP contribution in [0, 0.1) is 5.92 Å². The third kappa shape index (κ3) is 5.84. The molecule has 2 aliphatic heterocycles. The Labute approximate surface area is 135 Å². The Kier molecular flexibility index (Phi) is 6.52. The molecule has 0 aromatic carbocycles. The number of carbonyl (C=O) groups is 1. The molecule has 2 fully saturated rings. The van der Waals surface area contributed by atoms with Crippen molar-refractivity contribution in [1.29, 1.82) is 0 Å². The first-order valence-corrected chi connectivity index (χ1v) is 8.24. The van der Waals surface area contributed by atoms with E-state index in [1.165, 1.54) is 0 Å². The predicted octanol–water partition coefficient (Wildman–Crippen LogP) is 2.08. The van der Waals surface area contributed by atoms with Gasteiger partial charge >= 0.3 is 12.2 Å². The second-order valence-electron chi connectivity index (χ2n) is 6.47. The Morgan fingerprint density at radius 1 is 1.30 bits per heavy atom. The van der Waals surface area contributed by atoms with E-state index in [4.69, 9.17) is 0 Å². The number of alkyl halides is 3. The molecule has 2 aliphatic rings. The van der Waals surface area contributed by atoms with Gasteiger partial charge in [0.15, 0.2) is 0 Å². The van der Waals surface area contributed by atoms with Crippen molar-refractivity contribution in [1.82, 2.24) is 15.1 Å². The molecule has 134 valence electrons. The summed E-state index contributed by atoms with van der Waals surface area (Å²) in [7, 11) is 2.11. The number of urea groups is 1. The van der Waals surface area contributed by atoms with Gasteiger partial charge in [0.25, 0.3) is 0 Å². The monoisotopic (exact) mass is 337 g/mol. The van der Waals surface area contributed by atoms with Crippen molar-refractivity contribution in [2.75, 3.05) is 46.4 Å². The van der Waals surface area contributed by atoms with Gasteiger partial charge in [-0.15, -0.1) is 0 Å². The molecule has 2 atom stereocenters. The van der Waals surface area contributed by atoms with Crippen LogP contribution in [-0.4, -0.2) is 74.5 Å². The van der Waals surface area contributed by atoms with Crippen LogP contribution in [0.15, 0.2) is 0 Å². The highest BCUT2D eigenvalue weighted by molar-refractivity contribution is 5.74. The molecule has 2 heterocycles. The van der Waals surface area contributed by atoms with Crippen LogP contribution in [0.3, 0.4) is 0 Å². The lowest BCUT2D eigenvalue weighted by Gasteiger charge is -2.46. The van der Waals surface area contributed by atoms with Crippen molar-refractivity contribution in [3.05, 3.63) is 0 Å². The molecule has 23 heavy (non-hydrogen) atoms. The smallest absolute Gasteiger partial charge is 0.372 e. The maximum atomic E-state index is 12.3. The summed E-state index contributed by atoms with van der Waals surface area (Å²) in [5, 5.41) is 2.81. The average Bonchev–Trinajstić information content (AvgIpc) is 2.48. The molecule has 2 saturated heterocycles. The van der Waals surface area contributed by atoms with Gasteiger partial charge in [-0.05, 0) is 45.2 Å². The molecular formula is C15H26F3N3O2. The molecular weight excluding hydrogens is 311 g/mol. The topological polar surface area (TPSA) is 44.8 Å². The zero-order valence-electron chi connectivity index (χ0n) is 13.6. The van der Waals surface area contributed by atoms with Gasteiger partial charge in [-0.3, -0.25) is 0 Å². The van der Waals surface area contributed by atoms with E-state index in [1.807, 2.05) is 4.90 Å². The van der Waals surface area contributed by atoms with Crippen molar-refractivity contribution in [3.63, 3.8) is 0 Å². The first kappa shape index (κ1) is 18.3. The number of carbonyl (C=O) groups excluding carboxylic acids is 1. The lowest BCUT2D eigenvalue weighted by Crippen LogP contribution is -2.57. The largest absolute Gasteiger partial charge is 0.411 e. The van der Waals surface area contributed by atoms with Gasteiger partial charge in [0, 0.05) is 32.3 Å². The van der Waals surface area contributed by atoms with Crippen LogP contribution in [-0.2, 0) is 4.74 Å². The van der Waals surface area contributed by atoms with E-state index < -0.39 is 12.8 Å². The van der Waals surface area contributed by atoms with E-state index in [0.717, 1.165) is 38.9 Å². The fourth-order valence-corrected chi connectivity index (χ4v) is 3.50. The Bertz CT molecular complexity index is 393. The maximum Gasteiger partial charge on any atom is 0.411 e. The van der Waals surface area contributed by atoms with Gasteiger partial charge in [0.05, 0.1) is 0 Å². The van der Waals surface area contributed by atoms with Gasteiger partial charge in [-0.1, -0.05) is 0 Å². The van der Waals surface area contributed by atoms with Crippen molar-refractivity contribution in [2.24, 2.45) is 5.92 Å². The van der Waals surface area contributed by atoms with E-state index in [-0.39, 0.29) is 12.6 Å². The van der Waals surface area contributed by atoms with Gasteiger partial charge < -0.3 is 19.9 Å². The maximum absolute atomic E-state index is 12.3. The molecule has 0 unspecified atom stereocenters. The van der Waals surface area contributed by atoms with Crippen molar-refractivity contribution in [3.8, 4) is 0 Å². The van der Waals surface area contributed by atoms with E-state index >= 15 is 0 Å². The highest BCUT2D eigenvalue weighted by Gasteiger charge is 2.37. The minimum Gasteiger partial charge on any atom is -0.372 e. The van der Waals surface area contributed by atoms with Gasteiger partial charge in [-0.2, -0.15) is 13.2 Å². The number of fused-ring (bicyclic) bond motifs is 1. The van der Waals surface area contributed by atoms with Crippen LogP contribution in [0.4, 0.5) is 18.0 Å². The summed E-state index contributed by atoms with van der Waals surface area (Å²) in [5.74, 6) is 0.531. The summed E-state index contributed by atoms with van der Waals surface area (Å²) >= 11 is 0. The predicted molar refractivity (Wildman–Crippen MR) is 80.2 cm³/mol. The number of piperidine rings is 2. The molecule has 0 aromatic rings. The van der Waals surface area contributed by atoms with Gasteiger partial charge in [0.1, 0.15) is 6.61 Å². The molecule has 0 saturated carbocycles. The van der Waals surface area contributed by atoms with Gasteiger partial charge in [0.2, 0.25) is 0 Å². The third-order valence-electron chi connectivity index (χ3n) is 4.54. The SMILES string of the molecule is CN1CC[C@H]2[C@@H](CCCN2C(=O)NCCCOCC(F)(F)F)C1. The fourth-order valence-electron chi connectivity index (χ4n) is 3.50. The fraction of sp³-hybridized carbons (Fsp3) is 0.933. The number of rotatable bonds is 5. The molecule has 0 spiro atoms. The molecule has 0 aliphatic carbocycles. The lowest BCUT2D eigenvalue weighted by molar-refractivity contribution is -0.173. The van der Waals surface area contributed by atoms with E-state index in [0.29, 0.717) is 24.9 Å². The number of ether oxygens (including phenoxy) is 1. The minimum absolute atomic E-state index is 0.00334. The summed E-state index contributed by atoms with van der Waals surface area (Å²) < 4.78 is 40.3. The van der Waals surface area contributed by atoms with Crippen LogP contribution in [0.1, 0.15) is 25.7 Å². The number of nitrogens with zero attached hydrogens (tertiary/aromatic N) is 2. The highest BCUT2D eigenvalue weighted by Crippen LogP contribution is 2.30. The Hall–Kier alpha value is -1.02. The second-order valence-corrected chi connectivity index (χ2v) is 6.47. The molecule has 0 radical (unpaired) electrons. The van der Waals surface area contributed by atoms with Crippen LogP contribution in [0.5, 0.6) is 0 Å². The summed E-state index contributed by atoms with van der Waals surface area (Å²) in [5.41, 5.74) is 0.